The van der Waals surface area contributed by atoms with E-state index in [1.165, 1.54) is 18.0 Å². The van der Waals surface area contributed by atoms with Gasteiger partial charge < -0.3 is 9.47 Å². The molecule has 0 unspecified atom stereocenters. The van der Waals surface area contributed by atoms with Crippen LogP contribution in [0.5, 0.6) is 5.75 Å². The summed E-state index contributed by atoms with van der Waals surface area (Å²) in [5, 5.41) is 4.93. The Morgan fingerprint density at radius 3 is 2.58 bits per heavy atom. The highest BCUT2D eigenvalue weighted by molar-refractivity contribution is 9.10. The van der Waals surface area contributed by atoms with Gasteiger partial charge in [0.15, 0.2) is 11.9 Å². The Kier molecular flexibility index (Phi) is 6.65. The van der Waals surface area contributed by atoms with Gasteiger partial charge in [-0.25, -0.2) is 9.78 Å². The van der Waals surface area contributed by atoms with Crippen LogP contribution in [0, 0.1) is 0 Å². The number of rotatable bonds is 6. The summed E-state index contributed by atoms with van der Waals surface area (Å²) in [6, 6.07) is 21.8. The number of ether oxygens (including phenoxy) is 2. The van der Waals surface area contributed by atoms with Crippen molar-refractivity contribution in [3.8, 4) is 17.1 Å². The molecule has 1 aromatic heterocycles. The fourth-order valence-corrected chi connectivity index (χ4v) is 3.64. The predicted octanol–water partition coefficient (Wildman–Crippen LogP) is 4.65. The lowest BCUT2D eigenvalue weighted by Crippen LogP contribution is -2.25. The van der Waals surface area contributed by atoms with Crippen molar-refractivity contribution in [3.05, 3.63) is 93.2 Å². The van der Waals surface area contributed by atoms with Crippen molar-refractivity contribution in [1.29, 1.82) is 0 Å². The third-order valence-corrected chi connectivity index (χ3v) is 5.40. The zero-order valence-electron chi connectivity index (χ0n) is 17.9. The number of hydrogen-bond donors (Lipinski definition) is 0. The first kappa shape index (κ1) is 22.4. The molecule has 0 amide bonds. The molecule has 0 saturated carbocycles. The van der Waals surface area contributed by atoms with E-state index in [-0.39, 0.29) is 5.56 Å². The molecule has 4 rings (SSSR count). The normalized spacial score (nSPS) is 12.1. The summed E-state index contributed by atoms with van der Waals surface area (Å²) >= 11 is 3.44. The number of halogens is 1. The number of carbonyl (C=O) groups is 1. The molecule has 7 nitrogen and oxygen atoms in total. The largest absolute Gasteiger partial charge is 0.478 e. The number of benzene rings is 3. The molecular formula is C25H20BrN3O4. The minimum absolute atomic E-state index is 0.295. The summed E-state index contributed by atoms with van der Waals surface area (Å²) in [4.78, 5) is 29.8. The third kappa shape index (κ3) is 4.85. The van der Waals surface area contributed by atoms with Crippen molar-refractivity contribution in [2.45, 2.75) is 13.0 Å². The number of carbonyl (C=O) groups excluding carboxylic acids is 1. The van der Waals surface area contributed by atoms with E-state index >= 15 is 0 Å². The topological polar surface area (TPSA) is 82.8 Å². The SMILES string of the molecule is COC(=O)[C@@H](C)Oc1ccc(Br)cc1C=Nn1c(-c2ccccc2)nc2ccccc2c1=O. The van der Waals surface area contributed by atoms with Gasteiger partial charge in [-0.1, -0.05) is 58.4 Å². The van der Waals surface area contributed by atoms with Gasteiger partial charge in [0.25, 0.3) is 5.56 Å². The van der Waals surface area contributed by atoms with Gasteiger partial charge in [0.05, 0.1) is 24.2 Å². The van der Waals surface area contributed by atoms with Gasteiger partial charge in [0.1, 0.15) is 5.75 Å². The van der Waals surface area contributed by atoms with E-state index < -0.39 is 12.1 Å². The standard InChI is InChI=1S/C25H20BrN3O4/c1-16(25(31)32-2)33-22-13-12-19(26)14-18(22)15-27-29-23(17-8-4-3-5-9-17)28-21-11-7-6-10-20(21)24(29)30/h3-16H,1-2H3/t16-/m1/s1. The molecule has 0 aliphatic rings. The van der Waals surface area contributed by atoms with Gasteiger partial charge in [-0.05, 0) is 37.3 Å². The lowest BCUT2D eigenvalue weighted by molar-refractivity contribution is -0.147. The van der Waals surface area contributed by atoms with Gasteiger partial charge >= 0.3 is 5.97 Å². The maximum Gasteiger partial charge on any atom is 0.346 e. The highest BCUT2D eigenvalue weighted by Gasteiger charge is 2.17. The lowest BCUT2D eigenvalue weighted by Gasteiger charge is -2.14. The number of esters is 1. The molecule has 8 heteroatoms. The molecule has 0 saturated heterocycles. The maximum absolute atomic E-state index is 13.3. The number of fused-ring (bicyclic) bond motifs is 1. The van der Waals surface area contributed by atoms with Crippen LogP contribution in [0.25, 0.3) is 22.3 Å². The highest BCUT2D eigenvalue weighted by atomic mass is 79.9. The van der Waals surface area contributed by atoms with E-state index in [1.807, 2.05) is 36.4 Å². The predicted molar refractivity (Wildman–Crippen MR) is 131 cm³/mol. The molecule has 0 aliphatic carbocycles. The Labute approximate surface area is 198 Å². The van der Waals surface area contributed by atoms with Crippen LogP contribution >= 0.6 is 15.9 Å². The molecule has 33 heavy (non-hydrogen) atoms. The van der Waals surface area contributed by atoms with Gasteiger partial charge in [-0.3, -0.25) is 4.79 Å². The first-order valence-electron chi connectivity index (χ1n) is 10.1. The quantitative estimate of drug-likeness (QED) is 0.281. The Bertz CT molecular complexity index is 1400. The second kappa shape index (κ2) is 9.79. The number of methoxy groups -OCH3 is 1. The fraction of sp³-hybridized carbons (Fsp3) is 0.120. The Morgan fingerprint density at radius 2 is 1.82 bits per heavy atom. The lowest BCUT2D eigenvalue weighted by atomic mass is 10.2. The third-order valence-electron chi connectivity index (χ3n) is 4.91. The second-order valence-electron chi connectivity index (χ2n) is 7.15. The molecule has 0 fully saturated rings. The molecule has 0 aliphatic heterocycles. The van der Waals surface area contributed by atoms with Crippen molar-refractivity contribution >= 4 is 39.0 Å². The Balaban J connectivity index is 1.84. The fourth-order valence-electron chi connectivity index (χ4n) is 3.26. The molecule has 1 heterocycles. The van der Waals surface area contributed by atoms with Crippen molar-refractivity contribution in [2.24, 2.45) is 5.10 Å². The summed E-state index contributed by atoms with van der Waals surface area (Å²) in [5.41, 5.74) is 1.61. The number of para-hydroxylation sites is 1. The van der Waals surface area contributed by atoms with Crippen LogP contribution in [0.1, 0.15) is 12.5 Å². The summed E-state index contributed by atoms with van der Waals surface area (Å²) in [5.74, 6) is 0.334. The molecule has 3 aromatic carbocycles. The van der Waals surface area contributed by atoms with E-state index in [1.54, 1.807) is 43.3 Å². The van der Waals surface area contributed by atoms with Crippen LogP contribution in [0.15, 0.2) is 87.2 Å². The van der Waals surface area contributed by atoms with Crippen LogP contribution in [-0.2, 0) is 9.53 Å². The number of hydrogen-bond acceptors (Lipinski definition) is 6. The van der Waals surface area contributed by atoms with E-state index in [0.717, 1.165) is 10.0 Å². The first-order valence-corrected chi connectivity index (χ1v) is 10.9. The van der Waals surface area contributed by atoms with Crippen LogP contribution in [-0.4, -0.2) is 35.1 Å². The van der Waals surface area contributed by atoms with Gasteiger partial charge in [-0.2, -0.15) is 9.78 Å². The second-order valence-corrected chi connectivity index (χ2v) is 8.06. The summed E-state index contributed by atoms with van der Waals surface area (Å²) in [6.07, 6.45) is 0.697. The van der Waals surface area contributed by atoms with E-state index in [0.29, 0.717) is 28.0 Å². The highest BCUT2D eigenvalue weighted by Crippen LogP contribution is 2.24. The Hall–Kier alpha value is -3.78. The molecule has 1 atom stereocenters. The van der Waals surface area contributed by atoms with E-state index in [9.17, 15) is 9.59 Å². The van der Waals surface area contributed by atoms with Gasteiger partial charge in [-0.15, -0.1) is 0 Å². The molecule has 0 radical (unpaired) electrons. The van der Waals surface area contributed by atoms with Crippen molar-refractivity contribution in [2.75, 3.05) is 7.11 Å². The molecule has 0 N–H and O–H groups in total. The smallest absolute Gasteiger partial charge is 0.346 e. The Morgan fingerprint density at radius 1 is 1.09 bits per heavy atom. The van der Waals surface area contributed by atoms with E-state index in [4.69, 9.17) is 9.47 Å². The zero-order chi connectivity index (χ0) is 23.4. The van der Waals surface area contributed by atoms with Crippen LogP contribution in [0.4, 0.5) is 0 Å². The van der Waals surface area contributed by atoms with Crippen LogP contribution < -0.4 is 10.3 Å². The molecule has 0 bridgehead atoms. The number of nitrogens with zero attached hydrogens (tertiary/aromatic N) is 3. The summed E-state index contributed by atoms with van der Waals surface area (Å²) in [7, 11) is 1.30. The average Bonchev–Trinajstić information content (AvgIpc) is 2.84. The van der Waals surface area contributed by atoms with Crippen LogP contribution in [0.3, 0.4) is 0 Å². The first-order chi connectivity index (χ1) is 16.0. The van der Waals surface area contributed by atoms with Gasteiger partial charge in [0, 0.05) is 15.6 Å². The summed E-state index contributed by atoms with van der Waals surface area (Å²) < 4.78 is 12.6. The monoisotopic (exact) mass is 505 g/mol. The minimum atomic E-state index is -0.812. The molecular weight excluding hydrogens is 486 g/mol. The average molecular weight is 506 g/mol. The number of aromatic nitrogens is 2. The molecule has 4 aromatic rings. The van der Waals surface area contributed by atoms with Crippen LogP contribution in [0.2, 0.25) is 0 Å². The van der Waals surface area contributed by atoms with E-state index in [2.05, 4.69) is 26.0 Å². The zero-order valence-corrected chi connectivity index (χ0v) is 19.5. The minimum Gasteiger partial charge on any atom is -0.478 e. The molecule has 0 spiro atoms. The maximum atomic E-state index is 13.3. The summed E-state index contributed by atoms with van der Waals surface area (Å²) in [6.45, 7) is 1.60. The van der Waals surface area contributed by atoms with Gasteiger partial charge in [0.2, 0.25) is 0 Å². The van der Waals surface area contributed by atoms with Crippen molar-refractivity contribution in [3.63, 3.8) is 0 Å². The van der Waals surface area contributed by atoms with Crippen molar-refractivity contribution < 1.29 is 14.3 Å². The molecule has 166 valence electrons. The van der Waals surface area contributed by atoms with Crippen molar-refractivity contribution in [1.82, 2.24) is 9.66 Å².